The first-order valence-corrected chi connectivity index (χ1v) is 6.20. The van der Waals surface area contributed by atoms with E-state index < -0.39 is 11.0 Å². The molecule has 96 valence electrons. The van der Waals surface area contributed by atoms with E-state index >= 15 is 0 Å². The third-order valence-electron chi connectivity index (χ3n) is 3.18. The molecule has 2 aromatic carbocycles. The van der Waals surface area contributed by atoms with E-state index in [1.165, 1.54) is 6.07 Å². The number of fused-ring (bicyclic) bond motifs is 3. The molecule has 1 aliphatic carbocycles. The summed E-state index contributed by atoms with van der Waals surface area (Å²) in [6.07, 6.45) is -0.943. The molecule has 0 saturated heterocycles. The zero-order valence-electron chi connectivity index (χ0n) is 9.43. The molecule has 0 saturated carbocycles. The standard InChI is InChI=1S/C13H7Cl2NO3/c14-6-1-2-8-9(3-6)13(17)10-4-7(15)5-11(12(8)10)16(18)19/h1-5,13,17H/t13-/m0/s1. The molecule has 0 heterocycles. The van der Waals surface area contributed by atoms with E-state index in [9.17, 15) is 15.2 Å². The summed E-state index contributed by atoms with van der Waals surface area (Å²) in [5.41, 5.74) is 1.93. The number of nitro benzene ring substituents is 1. The van der Waals surface area contributed by atoms with Gasteiger partial charge < -0.3 is 5.11 Å². The van der Waals surface area contributed by atoms with Crippen molar-refractivity contribution in [2.24, 2.45) is 0 Å². The maximum atomic E-state index is 11.1. The van der Waals surface area contributed by atoms with Crippen LogP contribution in [0.3, 0.4) is 0 Å². The van der Waals surface area contributed by atoms with Crippen LogP contribution < -0.4 is 0 Å². The van der Waals surface area contributed by atoms with Crippen molar-refractivity contribution >= 4 is 28.9 Å². The monoisotopic (exact) mass is 295 g/mol. The Morgan fingerprint density at radius 2 is 1.79 bits per heavy atom. The summed E-state index contributed by atoms with van der Waals surface area (Å²) in [4.78, 5) is 10.6. The molecule has 19 heavy (non-hydrogen) atoms. The van der Waals surface area contributed by atoms with Gasteiger partial charge in [0.05, 0.1) is 10.5 Å². The zero-order valence-corrected chi connectivity index (χ0v) is 10.9. The number of halogens is 2. The van der Waals surface area contributed by atoms with Gasteiger partial charge in [0, 0.05) is 21.7 Å². The van der Waals surface area contributed by atoms with E-state index in [1.54, 1.807) is 24.3 Å². The fourth-order valence-electron chi connectivity index (χ4n) is 2.42. The first kappa shape index (κ1) is 12.4. The van der Waals surface area contributed by atoms with Crippen molar-refractivity contribution in [3.8, 4) is 11.1 Å². The second-order valence-corrected chi connectivity index (χ2v) is 5.15. The second kappa shape index (κ2) is 4.20. The van der Waals surface area contributed by atoms with Crippen LogP contribution in [0, 0.1) is 10.1 Å². The van der Waals surface area contributed by atoms with Crippen LogP contribution in [-0.4, -0.2) is 10.0 Å². The van der Waals surface area contributed by atoms with Gasteiger partial charge in [-0.25, -0.2) is 0 Å². The number of hydrogen-bond acceptors (Lipinski definition) is 3. The molecule has 0 amide bonds. The minimum Gasteiger partial charge on any atom is -0.384 e. The molecule has 3 rings (SSSR count). The van der Waals surface area contributed by atoms with Crippen molar-refractivity contribution in [1.82, 2.24) is 0 Å². The van der Waals surface area contributed by atoms with Gasteiger partial charge in [-0.1, -0.05) is 29.3 Å². The normalized spacial score (nSPS) is 16.1. The first-order chi connectivity index (χ1) is 8.99. The number of benzene rings is 2. The lowest BCUT2D eigenvalue weighted by Gasteiger charge is -2.05. The van der Waals surface area contributed by atoms with Gasteiger partial charge in [-0.3, -0.25) is 10.1 Å². The van der Waals surface area contributed by atoms with E-state index in [4.69, 9.17) is 23.2 Å². The maximum absolute atomic E-state index is 11.1. The Hall–Kier alpha value is -1.62. The van der Waals surface area contributed by atoms with Gasteiger partial charge in [-0.05, 0) is 29.3 Å². The van der Waals surface area contributed by atoms with Gasteiger partial charge in [0.1, 0.15) is 6.10 Å². The third-order valence-corrected chi connectivity index (χ3v) is 3.63. The Labute approximate surface area is 118 Å². The molecule has 6 heteroatoms. The molecule has 1 N–H and O–H groups in total. The second-order valence-electron chi connectivity index (χ2n) is 4.28. The molecule has 1 aliphatic rings. The van der Waals surface area contributed by atoms with Gasteiger partial charge in [0.15, 0.2) is 0 Å². The number of aliphatic hydroxyl groups is 1. The minimum atomic E-state index is -0.943. The Morgan fingerprint density at radius 3 is 2.47 bits per heavy atom. The summed E-state index contributed by atoms with van der Waals surface area (Å²) in [6, 6.07) is 7.76. The van der Waals surface area contributed by atoms with Crippen molar-refractivity contribution in [3.63, 3.8) is 0 Å². The van der Waals surface area contributed by atoms with Crippen LogP contribution in [0.5, 0.6) is 0 Å². The van der Waals surface area contributed by atoms with Crippen LogP contribution in [-0.2, 0) is 0 Å². The van der Waals surface area contributed by atoms with Gasteiger partial charge in [0.2, 0.25) is 0 Å². The van der Waals surface area contributed by atoms with Crippen LogP contribution in [0.15, 0.2) is 30.3 Å². The molecule has 0 radical (unpaired) electrons. The number of nitrogens with zero attached hydrogens (tertiary/aromatic N) is 1. The lowest BCUT2D eigenvalue weighted by atomic mass is 10.0. The summed E-state index contributed by atoms with van der Waals surface area (Å²) >= 11 is 11.8. The summed E-state index contributed by atoms with van der Waals surface area (Å²) in [5.74, 6) is 0. The summed E-state index contributed by atoms with van der Waals surface area (Å²) in [7, 11) is 0. The van der Waals surface area contributed by atoms with E-state index in [-0.39, 0.29) is 10.7 Å². The largest absolute Gasteiger partial charge is 0.384 e. The third kappa shape index (κ3) is 1.80. The van der Waals surface area contributed by atoms with Crippen LogP contribution in [0.4, 0.5) is 5.69 Å². The van der Waals surface area contributed by atoms with E-state index in [0.29, 0.717) is 27.3 Å². The van der Waals surface area contributed by atoms with Crippen molar-refractivity contribution in [1.29, 1.82) is 0 Å². The van der Waals surface area contributed by atoms with Gasteiger partial charge in [-0.15, -0.1) is 0 Å². The van der Waals surface area contributed by atoms with Gasteiger partial charge >= 0.3 is 0 Å². The lowest BCUT2D eigenvalue weighted by Crippen LogP contribution is -1.96. The number of rotatable bonds is 1. The molecule has 2 aromatic rings. The number of hydrogen-bond donors (Lipinski definition) is 1. The molecular formula is C13H7Cl2NO3. The topological polar surface area (TPSA) is 63.4 Å². The first-order valence-electron chi connectivity index (χ1n) is 5.45. The Bertz CT molecular complexity index is 715. The molecular weight excluding hydrogens is 289 g/mol. The highest BCUT2D eigenvalue weighted by Gasteiger charge is 2.33. The van der Waals surface area contributed by atoms with Crippen LogP contribution in [0.2, 0.25) is 10.0 Å². The number of aliphatic hydroxyl groups excluding tert-OH is 1. The summed E-state index contributed by atoms with van der Waals surface area (Å²) in [5, 5.41) is 22.1. The van der Waals surface area contributed by atoms with Gasteiger partial charge in [0.25, 0.3) is 5.69 Å². The molecule has 0 aliphatic heterocycles. The fourth-order valence-corrected chi connectivity index (χ4v) is 2.82. The Morgan fingerprint density at radius 1 is 1.11 bits per heavy atom. The van der Waals surface area contributed by atoms with E-state index in [1.807, 2.05) is 0 Å². The average Bonchev–Trinajstić information content (AvgIpc) is 2.62. The van der Waals surface area contributed by atoms with Crippen LogP contribution >= 0.6 is 23.2 Å². The highest BCUT2D eigenvalue weighted by molar-refractivity contribution is 6.31. The van der Waals surface area contributed by atoms with Crippen molar-refractivity contribution in [3.05, 3.63) is 61.6 Å². The predicted octanol–water partition coefficient (Wildman–Crippen LogP) is 3.96. The molecule has 0 bridgehead atoms. The van der Waals surface area contributed by atoms with Crippen LogP contribution in [0.25, 0.3) is 11.1 Å². The highest BCUT2D eigenvalue weighted by Crippen LogP contribution is 2.49. The molecule has 0 aromatic heterocycles. The molecule has 0 fully saturated rings. The lowest BCUT2D eigenvalue weighted by molar-refractivity contribution is -0.384. The molecule has 4 nitrogen and oxygen atoms in total. The van der Waals surface area contributed by atoms with Crippen molar-refractivity contribution in [2.75, 3.05) is 0 Å². The molecule has 1 atom stereocenters. The quantitative estimate of drug-likeness (QED) is 0.640. The van der Waals surface area contributed by atoms with Gasteiger partial charge in [-0.2, -0.15) is 0 Å². The summed E-state index contributed by atoms with van der Waals surface area (Å²) in [6.45, 7) is 0. The van der Waals surface area contributed by atoms with Crippen molar-refractivity contribution < 1.29 is 10.0 Å². The summed E-state index contributed by atoms with van der Waals surface area (Å²) < 4.78 is 0. The smallest absolute Gasteiger partial charge is 0.279 e. The van der Waals surface area contributed by atoms with E-state index in [0.717, 1.165) is 0 Å². The minimum absolute atomic E-state index is 0.109. The highest BCUT2D eigenvalue weighted by atomic mass is 35.5. The maximum Gasteiger partial charge on any atom is 0.279 e. The predicted molar refractivity (Wildman–Crippen MR) is 72.6 cm³/mol. The Kier molecular flexibility index (Phi) is 2.74. The van der Waals surface area contributed by atoms with E-state index in [2.05, 4.69) is 0 Å². The number of nitro groups is 1. The Balaban J connectivity index is 2.38. The van der Waals surface area contributed by atoms with Crippen LogP contribution in [0.1, 0.15) is 17.2 Å². The van der Waals surface area contributed by atoms with Crippen molar-refractivity contribution in [2.45, 2.75) is 6.10 Å². The SMILES string of the molecule is O=[N+]([O-])c1cc(Cl)cc2c1-c1ccc(Cl)cc1[C@@H]2O. The average molecular weight is 296 g/mol. The molecule has 0 unspecified atom stereocenters. The molecule has 0 spiro atoms. The zero-order chi connectivity index (χ0) is 13.7. The fraction of sp³-hybridized carbons (Fsp3) is 0.0769.